The number of thiazole rings is 1. The first-order chi connectivity index (χ1) is 13.2. The van der Waals surface area contributed by atoms with Crippen LogP contribution >= 0.6 is 11.3 Å². The van der Waals surface area contributed by atoms with Crippen LogP contribution in [-0.2, 0) is 12.8 Å². The zero-order valence-corrected chi connectivity index (χ0v) is 16.2. The third-order valence-corrected chi connectivity index (χ3v) is 6.06. The number of hydrogen-bond donors (Lipinski definition) is 1. The van der Waals surface area contributed by atoms with Crippen molar-refractivity contribution in [2.75, 3.05) is 13.1 Å². The number of carbonyl (C=O) groups is 1. The van der Waals surface area contributed by atoms with Gasteiger partial charge in [-0.3, -0.25) is 9.78 Å². The molecule has 4 rings (SSSR count). The summed E-state index contributed by atoms with van der Waals surface area (Å²) in [6.45, 7) is 3.03. The monoisotopic (exact) mass is 381 g/mol. The molecule has 140 valence electrons. The van der Waals surface area contributed by atoms with Crippen LogP contribution in [-0.4, -0.2) is 45.1 Å². The van der Waals surface area contributed by atoms with Crippen molar-refractivity contribution in [2.24, 2.45) is 5.92 Å². The molecule has 1 saturated heterocycles. The molecule has 2 atom stereocenters. The second-order valence-electron chi connectivity index (χ2n) is 7.11. The summed E-state index contributed by atoms with van der Waals surface area (Å²) < 4.78 is 0. The zero-order valence-electron chi connectivity index (χ0n) is 15.3. The minimum atomic E-state index is -0.519. The number of benzene rings is 1. The molecule has 0 spiro atoms. The van der Waals surface area contributed by atoms with Crippen LogP contribution < -0.4 is 0 Å². The van der Waals surface area contributed by atoms with Crippen molar-refractivity contribution in [3.05, 3.63) is 58.2 Å². The average molecular weight is 382 g/mol. The van der Waals surface area contributed by atoms with E-state index < -0.39 is 6.10 Å². The molecule has 0 radical (unpaired) electrons. The molecular weight excluding hydrogens is 358 g/mol. The fourth-order valence-electron chi connectivity index (χ4n) is 3.74. The van der Waals surface area contributed by atoms with Crippen molar-refractivity contribution in [3.63, 3.8) is 0 Å². The van der Waals surface area contributed by atoms with E-state index in [1.807, 2.05) is 35.8 Å². The molecule has 0 saturated carbocycles. The maximum absolute atomic E-state index is 12.8. The molecule has 1 aliphatic heterocycles. The van der Waals surface area contributed by atoms with Crippen LogP contribution in [0.2, 0.25) is 0 Å². The van der Waals surface area contributed by atoms with Gasteiger partial charge in [0.2, 0.25) is 0 Å². The van der Waals surface area contributed by atoms with Crippen LogP contribution in [0.25, 0.3) is 10.9 Å². The molecule has 6 heteroatoms. The second-order valence-corrected chi connectivity index (χ2v) is 8.05. The van der Waals surface area contributed by atoms with E-state index in [0.717, 1.165) is 40.7 Å². The van der Waals surface area contributed by atoms with Gasteiger partial charge in [-0.1, -0.05) is 25.1 Å². The van der Waals surface area contributed by atoms with Gasteiger partial charge in [-0.15, -0.1) is 11.3 Å². The Kier molecular flexibility index (Phi) is 5.18. The predicted octanol–water partition coefficient (Wildman–Crippen LogP) is 3.32. The summed E-state index contributed by atoms with van der Waals surface area (Å²) in [6.07, 6.45) is 3.94. The van der Waals surface area contributed by atoms with Crippen LogP contribution in [0.1, 0.15) is 34.4 Å². The summed E-state index contributed by atoms with van der Waals surface area (Å²) in [7, 11) is 0. The molecule has 2 aromatic heterocycles. The van der Waals surface area contributed by atoms with E-state index >= 15 is 0 Å². The van der Waals surface area contributed by atoms with Crippen molar-refractivity contribution in [1.29, 1.82) is 0 Å². The summed E-state index contributed by atoms with van der Waals surface area (Å²) in [6, 6.07) is 10.1. The minimum Gasteiger partial charge on any atom is -0.391 e. The molecule has 1 amide bonds. The number of nitrogens with zero attached hydrogens (tertiary/aromatic N) is 3. The van der Waals surface area contributed by atoms with Gasteiger partial charge >= 0.3 is 0 Å². The highest BCUT2D eigenvalue weighted by molar-refractivity contribution is 7.09. The van der Waals surface area contributed by atoms with Crippen molar-refractivity contribution < 1.29 is 9.90 Å². The van der Waals surface area contributed by atoms with Crippen LogP contribution in [0.5, 0.6) is 0 Å². The van der Waals surface area contributed by atoms with Crippen molar-refractivity contribution >= 4 is 28.1 Å². The Labute approximate surface area is 162 Å². The molecule has 0 unspecified atom stereocenters. The van der Waals surface area contributed by atoms with E-state index in [9.17, 15) is 9.90 Å². The lowest BCUT2D eigenvalue weighted by molar-refractivity contribution is 0.0759. The minimum absolute atomic E-state index is 0.0218. The number of β-amino-alcohol motifs (C(OH)–C–C–N with tert-alkyl or cyclic N) is 1. The largest absolute Gasteiger partial charge is 0.391 e. The first-order valence-corrected chi connectivity index (χ1v) is 10.3. The number of amides is 1. The summed E-state index contributed by atoms with van der Waals surface area (Å²) in [5, 5.41) is 14.5. The standard InChI is InChI=1S/C21H23N3O2S/c1-2-5-20-23-18(13-27-20)21(26)24-11-15(19(25)12-24)10-14-8-9-22-17-7-4-3-6-16(14)17/h3-4,6-9,13,15,19,25H,2,5,10-12H2,1H3/t15-,19+/m1/s1. The Morgan fingerprint density at radius 1 is 1.30 bits per heavy atom. The van der Waals surface area contributed by atoms with Gasteiger partial charge in [-0.2, -0.15) is 0 Å². The lowest BCUT2D eigenvalue weighted by Gasteiger charge is -2.15. The summed E-state index contributed by atoms with van der Waals surface area (Å²) in [5.74, 6) is -0.0526. The number of likely N-dealkylation sites (tertiary alicyclic amines) is 1. The zero-order chi connectivity index (χ0) is 18.8. The number of hydrogen-bond acceptors (Lipinski definition) is 5. The Bertz CT molecular complexity index is 950. The molecule has 27 heavy (non-hydrogen) atoms. The summed E-state index contributed by atoms with van der Waals surface area (Å²) in [5.41, 5.74) is 2.63. The van der Waals surface area contributed by atoms with Gasteiger partial charge in [0.25, 0.3) is 5.91 Å². The van der Waals surface area contributed by atoms with E-state index in [4.69, 9.17) is 0 Å². The lowest BCUT2D eigenvalue weighted by atomic mass is 9.94. The highest BCUT2D eigenvalue weighted by atomic mass is 32.1. The van der Waals surface area contributed by atoms with Crippen molar-refractivity contribution in [1.82, 2.24) is 14.9 Å². The molecule has 1 aromatic carbocycles. The topological polar surface area (TPSA) is 66.3 Å². The third kappa shape index (κ3) is 3.73. The summed E-state index contributed by atoms with van der Waals surface area (Å²) in [4.78, 5) is 23.4. The molecule has 1 aliphatic rings. The van der Waals surface area contributed by atoms with E-state index in [-0.39, 0.29) is 11.8 Å². The van der Waals surface area contributed by atoms with Crippen LogP contribution in [0, 0.1) is 5.92 Å². The average Bonchev–Trinajstić information content (AvgIpc) is 3.29. The Morgan fingerprint density at radius 2 is 2.15 bits per heavy atom. The van der Waals surface area contributed by atoms with Gasteiger partial charge in [0.15, 0.2) is 0 Å². The number of para-hydroxylation sites is 1. The number of rotatable bonds is 5. The first kappa shape index (κ1) is 18.1. The number of fused-ring (bicyclic) bond motifs is 1. The second kappa shape index (κ2) is 7.74. The lowest BCUT2D eigenvalue weighted by Crippen LogP contribution is -2.29. The molecule has 3 heterocycles. The molecule has 5 nitrogen and oxygen atoms in total. The highest BCUT2D eigenvalue weighted by Crippen LogP contribution is 2.26. The van der Waals surface area contributed by atoms with Crippen LogP contribution in [0.4, 0.5) is 0 Å². The first-order valence-electron chi connectivity index (χ1n) is 9.40. The molecule has 1 fully saturated rings. The smallest absolute Gasteiger partial charge is 0.273 e. The molecule has 1 N–H and O–H groups in total. The predicted molar refractivity (Wildman–Crippen MR) is 107 cm³/mol. The maximum Gasteiger partial charge on any atom is 0.273 e. The van der Waals surface area contributed by atoms with E-state index in [1.165, 1.54) is 11.3 Å². The van der Waals surface area contributed by atoms with Crippen LogP contribution in [0.3, 0.4) is 0 Å². The van der Waals surface area contributed by atoms with E-state index in [1.54, 1.807) is 4.90 Å². The normalized spacial score (nSPS) is 19.7. The fraction of sp³-hybridized carbons (Fsp3) is 0.381. The molecule has 0 bridgehead atoms. The number of carbonyl (C=O) groups excluding carboxylic acids is 1. The SMILES string of the molecule is CCCc1nc(C(=O)N2C[C@@H](Cc3ccnc4ccccc34)[C@@H](O)C2)cs1. The van der Waals surface area contributed by atoms with E-state index in [0.29, 0.717) is 18.8 Å². The summed E-state index contributed by atoms with van der Waals surface area (Å²) >= 11 is 1.54. The number of aromatic nitrogens is 2. The highest BCUT2D eigenvalue weighted by Gasteiger charge is 2.35. The molecule has 0 aliphatic carbocycles. The molecular formula is C21H23N3O2S. The maximum atomic E-state index is 12.8. The van der Waals surface area contributed by atoms with Gasteiger partial charge in [-0.25, -0.2) is 4.98 Å². The number of aliphatic hydroxyl groups excluding tert-OH is 1. The van der Waals surface area contributed by atoms with Crippen molar-refractivity contribution in [3.8, 4) is 0 Å². The Hall–Kier alpha value is -2.31. The van der Waals surface area contributed by atoms with E-state index in [2.05, 4.69) is 23.0 Å². The molecule has 3 aromatic rings. The fourth-order valence-corrected chi connectivity index (χ4v) is 4.61. The Morgan fingerprint density at radius 3 is 3.00 bits per heavy atom. The number of aryl methyl sites for hydroxylation is 1. The van der Waals surface area contributed by atoms with Gasteiger partial charge in [0, 0.05) is 36.0 Å². The van der Waals surface area contributed by atoms with Gasteiger partial charge < -0.3 is 10.0 Å². The Balaban J connectivity index is 1.48. The van der Waals surface area contributed by atoms with Gasteiger partial charge in [0.1, 0.15) is 5.69 Å². The number of pyridine rings is 1. The quantitative estimate of drug-likeness (QED) is 0.736. The number of aliphatic hydroxyl groups is 1. The van der Waals surface area contributed by atoms with Gasteiger partial charge in [-0.05, 0) is 37.0 Å². The third-order valence-electron chi connectivity index (χ3n) is 5.15. The van der Waals surface area contributed by atoms with Gasteiger partial charge in [0.05, 0.1) is 16.6 Å². The van der Waals surface area contributed by atoms with Crippen molar-refractivity contribution in [2.45, 2.75) is 32.3 Å². The van der Waals surface area contributed by atoms with Crippen LogP contribution in [0.15, 0.2) is 41.9 Å².